The second-order valence-electron chi connectivity index (χ2n) is 8.56. The summed E-state index contributed by atoms with van der Waals surface area (Å²) in [6.07, 6.45) is 2.80. The molecular weight excluding hydrogens is 454 g/mol. The van der Waals surface area contributed by atoms with Crippen LogP contribution in [0.4, 0.5) is 25.0 Å². The number of hydrogen-bond acceptors (Lipinski definition) is 3. The Bertz CT molecular complexity index is 1240. The van der Waals surface area contributed by atoms with Crippen LogP contribution in [-0.2, 0) is 4.79 Å². The fraction of sp³-hybridized carbons (Fsp3) is 0.222. The van der Waals surface area contributed by atoms with Crippen molar-refractivity contribution in [1.29, 1.82) is 0 Å². The van der Waals surface area contributed by atoms with Gasteiger partial charge in [0.05, 0.1) is 11.6 Å². The number of rotatable bonds is 6. The van der Waals surface area contributed by atoms with Crippen LogP contribution >= 0.6 is 0 Å². The smallest absolute Gasteiger partial charge is 0.323 e. The van der Waals surface area contributed by atoms with E-state index >= 15 is 0 Å². The summed E-state index contributed by atoms with van der Waals surface area (Å²) in [6.45, 7) is 0. The van der Waals surface area contributed by atoms with E-state index in [2.05, 4.69) is 10.6 Å². The van der Waals surface area contributed by atoms with Crippen molar-refractivity contribution in [3.05, 3.63) is 83.9 Å². The minimum Gasteiger partial charge on any atom is -0.481 e. The number of nitrogens with one attached hydrogen (secondary N) is 2. The monoisotopic (exact) mass is 478 g/mol. The van der Waals surface area contributed by atoms with Gasteiger partial charge in [-0.3, -0.25) is 9.59 Å². The zero-order valence-electron chi connectivity index (χ0n) is 18.8. The van der Waals surface area contributed by atoms with E-state index in [1.54, 1.807) is 48.5 Å². The Kier molecular flexibility index (Phi) is 7.19. The SMILES string of the molecule is O=C(Nc1ccc(-c2ccc(C(=O)C3CCCCC3C(=O)O)cc2)cc1)Nc1ccc(F)cc1F. The number of hydrogen-bond donors (Lipinski definition) is 3. The minimum atomic E-state index is -0.912. The third-order valence-corrected chi connectivity index (χ3v) is 6.24. The fourth-order valence-corrected chi connectivity index (χ4v) is 4.40. The van der Waals surface area contributed by atoms with Crippen LogP contribution in [-0.4, -0.2) is 22.9 Å². The van der Waals surface area contributed by atoms with E-state index in [1.165, 1.54) is 0 Å². The lowest BCUT2D eigenvalue weighted by molar-refractivity contribution is -0.144. The summed E-state index contributed by atoms with van der Waals surface area (Å²) in [5, 5.41) is 14.4. The second-order valence-corrected chi connectivity index (χ2v) is 8.56. The summed E-state index contributed by atoms with van der Waals surface area (Å²) in [5.41, 5.74) is 2.52. The number of carboxylic acids is 1. The van der Waals surface area contributed by atoms with Crippen molar-refractivity contribution >= 4 is 29.2 Å². The maximum atomic E-state index is 13.7. The number of carbonyl (C=O) groups is 3. The molecule has 1 aliphatic rings. The Labute approximate surface area is 201 Å². The van der Waals surface area contributed by atoms with Gasteiger partial charge in [0.2, 0.25) is 0 Å². The third kappa shape index (κ3) is 5.71. The maximum Gasteiger partial charge on any atom is 0.323 e. The van der Waals surface area contributed by atoms with Crippen LogP contribution in [0, 0.1) is 23.5 Å². The summed E-state index contributed by atoms with van der Waals surface area (Å²) in [6, 6.07) is 16.1. The van der Waals surface area contributed by atoms with E-state index in [0.717, 1.165) is 36.1 Å². The number of Topliss-reactive ketones (excluding diaryl/α,β-unsaturated/α-hetero) is 1. The van der Waals surface area contributed by atoms with Crippen LogP contribution in [0.5, 0.6) is 0 Å². The molecule has 180 valence electrons. The molecule has 8 heteroatoms. The number of urea groups is 1. The zero-order valence-corrected chi connectivity index (χ0v) is 18.8. The zero-order chi connectivity index (χ0) is 24.9. The molecule has 3 aromatic carbocycles. The molecule has 0 aliphatic heterocycles. The normalized spacial score (nSPS) is 17.4. The summed E-state index contributed by atoms with van der Waals surface area (Å²) in [4.78, 5) is 36.6. The van der Waals surface area contributed by atoms with E-state index in [1.807, 2.05) is 0 Å². The molecule has 1 aliphatic carbocycles. The first kappa shape index (κ1) is 24.1. The molecule has 3 aromatic rings. The van der Waals surface area contributed by atoms with Gasteiger partial charge < -0.3 is 15.7 Å². The van der Waals surface area contributed by atoms with Gasteiger partial charge in [0, 0.05) is 23.2 Å². The molecule has 35 heavy (non-hydrogen) atoms. The van der Waals surface area contributed by atoms with E-state index in [4.69, 9.17) is 0 Å². The molecule has 3 N–H and O–H groups in total. The van der Waals surface area contributed by atoms with E-state index in [0.29, 0.717) is 30.2 Å². The van der Waals surface area contributed by atoms with Crippen molar-refractivity contribution in [2.45, 2.75) is 25.7 Å². The molecule has 1 saturated carbocycles. The maximum absolute atomic E-state index is 13.7. The lowest BCUT2D eigenvalue weighted by Gasteiger charge is -2.27. The first-order valence-electron chi connectivity index (χ1n) is 11.3. The Morgan fingerprint density at radius 1 is 0.771 bits per heavy atom. The number of halogens is 2. The Morgan fingerprint density at radius 3 is 1.97 bits per heavy atom. The highest BCUT2D eigenvalue weighted by Gasteiger charge is 2.35. The van der Waals surface area contributed by atoms with Gasteiger partial charge in [-0.15, -0.1) is 0 Å². The summed E-state index contributed by atoms with van der Waals surface area (Å²) in [5.74, 6) is -3.78. The molecule has 0 bridgehead atoms. The van der Waals surface area contributed by atoms with Crippen LogP contribution in [0.2, 0.25) is 0 Å². The second kappa shape index (κ2) is 10.5. The van der Waals surface area contributed by atoms with Crippen molar-refractivity contribution in [2.24, 2.45) is 11.8 Å². The molecule has 6 nitrogen and oxygen atoms in total. The lowest BCUT2D eigenvalue weighted by Crippen LogP contribution is -2.32. The Balaban J connectivity index is 1.39. The quantitative estimate of drug-likeness (QED) is 0.360. The van der Waals surface area contributed by atoms with Gasteiger partial charge in [-0.25, -0.2) is 13.6 Å². The van der Waals surface area contributed by atoms with Crippen LogP contribution in [0.25, 0.3) is 11.1 Å². The molecule has 2 atom stereocenters. The van der Waals surface area contributed by atoms with Gasteiger partial charge >= 0.3 is 12.0 Å². The van der Waals surface area contributed by atoms with Gasteiger partial charge in [0.25, 0.3) is 0 Å². The van der Waals surface area contributed by atoms with Crippen LogP contribution < -0.4 is 10.6 Å². The number of benzene rings is 3. The lowest BCUT2D eigenvalue weighted by atomic mass is 9.75. The fourth-order valence-electron chi connectivity index (χ4n) is 4.40. The van der Waals surface area contributed by atoms with Crippen LogP contribution in [0.15, 0.2) is 66.7 Å². The number of carbonyl (C=O) groups excluding carboxylic acids is 2. The molecule has 1 fully saturated rings. The van der Waals surface area contributed by atoms with Crippen LogP contribution in [0.1, 0.15) is 36.0 Å². The van der Waals surface area contributed by atoms with Gasteiger partial charge in [-0.05, 0) is 48.2 Å². The molecule has 2 unspecified atom stereocenters. The molecule has 0 saturated heterocycles. The average molecular weight is 478 g/mol. The topological polar surface area (TPSA) is 95.5 Å². The molecular formula is C27H24F2N2O4. The van der Waals surface area contributed by atoms with Crippen molar-refractivity contribution in [3.63, 3.8) is 0 Å². The Hall–Kier alpha value is -4.07. The van der Waals surface area contributed by atoms with Crippen molar-refractivity contribution in [3.8, 4) is 11.1 Å². The van der Waals surface area contributed by atoms with E-state index < -0.39 is 35.5 Å². The first-order valence-corrected chi connectivity index (χ1v) is 11.3. The number of anilines is 2. The molecule has 4 rings (SSSR count). The standard InChI is InChI=1S/C27H24F2N2O4/c28-19-11-14-24(23(29)15-19)31-27(35)30-20-12-9-17(10-13-20)16-5-7-18(8-6-16)25(32)21-3-1-2-4-22(21)26(33)34/h5-15,21-22H,1-4H2,(H,33,34)(H2,30,31,35). The largest absolute Gasteiger partial charge is 0.481 e. The average Bonchev–Trinajstić information content (AvgIpc) is 2.86. The molecule has 0 heterocycles. The summed E-state index contributed by atoms with van der Waals surface area (Å²) < 4.78 is 26.7. The van der Waals surface area contributed by atoms with Gasteiger partial charge in [-0.2, -0.15) is 0 Å². The van der Waals surface area contributed by atoms with Crippen molar-refractivity contribution in [2.75, 3.05) is 10.6 Å². The Morgan fingerprint density at radius 2 is 1.37 bits per heavy atom. The first-order chi connectivity index (χ1) is 16.8. The van der Waals surface area contributed by atoms with Gasteiger partial charge in [-0.1, -0.05) is 49.2 Å². The van der Waals surface area contributed by atoms with Gasteiger partial charge in [0.1, 0.15) is 11.6 Å². The predicted molar refractivity (Wildman–Crippen MR) is 128 cm³/mol. The van der Waals surface area contributed by atoms with Crippen molar-refractivity contribution in [1.82, 2.24) is 0 Å². The highest BCUT2D eigenvalue weighted by molar-refractivity contribution is 6.01. The van der Waals surface area contributed by atoms with Crippen LogP contribution in [0.3, 0.4) is 0 Å². The number of aliphatic carboxylic acids is 1. The number of amides is 2. The summed E-state index contributed by atoms with van der Waals surface area (Å²) >= 11 is 0. The van der Waals surface area contributed by atoms with Gasteiger partial charge in [0.15, 0.2) is 5.78 Å². The molecule has 0 spiro atoms. The molecule has 2 amide bonds. The third-order valence-electron chi connectivity index (χ3n) is 6.24. The number of ketones is 1. The molecule has 0 aromatic heterocycles. The number of carboxylic acid groups (broad SMARTS) is 1. The van der Waals surface area contributed by atoms with E-state index in [9.17, 15) is 28.3 Å². The minimum absolute atomic E-state index is 0.133. The highest BCUT2D eigenvalue weighted by Crippen LogP contribution is 2.33. The predicted octanol–water partition coefficient (Wildman–Crippen LogP) is 6.35. The summed E-state index contributed by atoms with van der Waals surface area (Å²) in [7, 11) is 0. The van der Waals surface area contributed by atoms with E-state index in [-0.39, 0.29) is 11.5 Å². The van der Waals surface area contributed by atoms with Crippen molar-refractivity contribution < 1.29 is 28.3 Å². The highest BCUT2D eigenvalue weighted by atomic mass is 19.1. The molecule has 0 radical (unpaired) electrons.